The van der Waals surface area contributed by atoms with E-state index in [1.807, 2.05) is 26.0 Å². The summed E-state index contributed by atoms with van der Waals surface area (Å²) < 4.78 is 0. The van der Waals surface area contributed by atoms with Crippen LogP contribution in [0.5, 0.6) is 0 Å². The first kappa shape index (κ1) is 11.3. The summed E-state index contributed by atoms with van der Waals surface area (Å²) in [5.41, 5.74) is 3.91. The van der Waals surface area contributed by atoms with E-state index < -0.39 is 5.97 Å². The number of aryl methyl sites for hydroxylation is 2. The maximum atomic E-state index is 11.2. The van der Waals surface area contributed by atoms with E-state index in [0.717, 1.165) is 16.7 Å². The number of pyridine rings is 1. The Balaban J connectivity index is 2.65. The van der Waals surface area contributed by atoms with Crippen molar-refractivity contribution in [1.82, 2.24) is 4.98 Å². The van der Waals surface area contributed by atoms with Crippen LogP contribution in [0.3, 0.4) is 0 Å². The molecule has 3 nitrogen and oxygen atoms in total. The zero-order chi connectivity index (χ0) is 12.4. The van der Waals surface area contributed by atoms with Crippen LogP contribution >= 0.6 is 0 Å². The molecule has 0 bridgehead atoms. The fraction of sp³-hybridized carbons (Fsp3) is 0.143. The molecule has 1 heterocycles. The minimum atomic E-state index is -0.915. The Morgan fingerprint density at radius 2 is 1.88 bits per heavy atom. The molecule has 86 valence electrons. The highest BCUT2D eigenvalue weighted by Crippen LogP contribution is 2.25. The maximum absolute atomic E-state index is 11.2. The van der Waals surface area contributed by atoms with Gasteiger partial charge in [0.25, 0.3) is 0 Å². The van der Waals surface area contributed by atoms with Crippen LogP contribution in [0.25, 0.3) is 11.1 Å². The van der Waals surface area contributed by atoms with Crippen molar-refractivity contribution in [3.05, 3.63) is 53.3 Å². The molecule has 2 rings (SSSR count). The summed E-state index contributed by atoms with van der Waals surface area (Å²) >= 11 is 0. The van der Waals surface area contributed by atoms with Gasteiger partial charge >= 0.3 is 5.97 Å². The normalized spacial score (nSPS) is 10.2. The number of carboxylic acid groups (broad SMARTS) is 1. The van der Waals surface area contributed by atoms with E-state index in [4.69, 9.17) is 5.11 Å². The van der Waals surface area contributed by atoms with Gasteiger partial charge in [-0.25, -0.2) is 4.79 Å². The molecular formula is C14H13NO2. The number of aromatic carboxylic acids is 1. The van der Waals surface area contributed by atoms with Crippen molar-refractivity contribution in [2.24, 2.45) is 0 Å². The minimum Gasteiger partial charge on any atom is -0.478 e. The van der Waals surface area contributed by atoms with Gasteiger partial charge in [-0.05, 0) is 37.1 Å². The fourth-order valence-electron chi connectivity index (χ4n) is 1.79. The van der Waals surface area contributed by atoms with Gasteiger partial charge in [0.2, 0.25) is 0 Å². The van der Waals surface area contributed by atoms with Crippen molar-refractivity contribution in [3.8, 4) is 11.1 Å². The second kappa shape index (κ2) is 4.37. The number of hydrogen-bond donors (Lipinski definition) is 1. The molecule has 1 N–H and O–H groups in total. The third-order valence-electron chi connectivity index (χ3n) is 2.59. The minimum absolute atomic E-state index is 0.308. The second-order valence-electron chi connectivity index (χ2n) is 4.11. The van der Waals surface area contributed by atoms with Crippen molar-refractivity contribution in [2.45, 2.75) is 13.8 Å². The highest BCUT2D eigenvalue weighted by atomic mass is 16.4. The van der Waals surface area contributed by atoms with Gasteiger partial charge in [0.1, 0.15) is 0 Å². The van der Waals surface area contributed by atoms with Crippen LogP contribution in [0.1, 0.15) is 21.5 Å². The average Bonchev–Trinajstić information content (AvgIpc) is 2.28. The molecule has 0 aliphatic carbocycles. The number of rotatable bonds is 2. The van der Waals surface area contributed by atoms with Crippen LogP contribution in [-0.2, 0) is 0 Å². The van der Waals surface area contributed by atoms with E-state index in [2.05, 4.69) is 4.98 Å². The van der Waals surface area contributed by atoms with Gasteiger partial charge < -0.3 is 5.11 Å². The van der Waals surface area contributed by atoms with Crippen LogP contribution in [0.15, 0.2) is 36.7 Å². The predicted molar refractivity (Wildman–Crippen MR) is 66.1 cm³/mol. The van der Waals surface area contributed by atoms with Gasteiger partial charge in [0.05, 0.1) is 5.56 Å². The van der Waals surface area contributed by atoms with Crippen LogP contribution in [-0.4, -0.2) is 16.1 Å². The Labute approximate surface area is 99.8 Å². The summed E-state index contributed by atoms with van der Waals surface area (Å²) in [5, 5.41) is 9.17. The number of nitrogens with zero attached hydrogens (tertiary/aromatic N) is 1. The topological polar surface area (TPSA) is 50.2 Å². The lowest BCUT2D eigenvalue weighted by Gasteiger charge is -2.07. The zero-order valence-electron chi connectivity index (χ0n) is 9.77. The molecule has 0 radical (unpaired) electrons. The van der Waals surface area contributed by atoms with E-state index in [1.165, 1.54) is 0 Å². The predicted octanol–water partition coefficient (Wildman–Crippen LogP) is 3.06. The molecule has 17 heavy (non-hydrogen) atoms. The van der Waals surface area contributed by atoms with E-state index in [-0.39, 0.29) is 0 Å². The van der Waals surface area contributed by atoms with E-state index in [0.29, 0.717) is 11.1 Å². The van der Waals surface area contributed by atoms with Crippen molar-refractivity contribution >= 4 is 5.97 Å². The van der Waals surface area contributed by atoms with Crippen LogP contribution in [0.2, 0.25) is 0 Å². The Morgan fingerprint density at radius 3 is 2.53 bits per heavy atom. The van der Waals surface area contributed by atoms with Crippen molar-refractivity contribution in [2.75, 3.05) is 0 Å². The van der Waals surface area contributed by atoms with Gasteiger partial charge in [-0.2, -0.15) is 0 Å². The fourth-order valence-corrected chi connectivity index (χ4v) is 1.79. The standard InChI is InChI=1S/C14H13NO2/c1-9-3-4-12(14(16)17)13(6-9)11-5-10(2)7-15-8-11/h3-8H,1-2H3,(H,16,17). The van der Waals surface area contributed by atoms with Crippen LogP contribution in [0.4, 0.5) is 0 Å². The van der Waals surface area contributed by atoms with Gasteiger partial charge in [0, 0.05) is 18.0 Å². The lowest BCUT2D eigenvalue weighted by atomic mass is 9.98. The number of aromatic nitrogens is 1. The number of hydrogen-bond acceptors (Lipinski definition) is 2. The average molecular weight is 227 g/mol. The summed E-state index contributed by atoms with van der Waals surface area (Å²) in [4.78, 5) is 15.3. The first-order chi connectivity index (χ1) is 8.08. The molecule has 2 aromatic rings. The molecule has 0 saturated heterocycles. The summed E-state index contributed by atoms with van der Waals surface area (Å²) in [6, 6.07) is 7.25. The van der Waals surface area contributed by atoms with E-state index >= 15 is 0 Å². The summed E-state index contributed by atoms with van der Waals surface area (Å²) in [7, 11) is 0. The lowest BCUT2D eigenvalue weighted by molar-refractivity contribution is 0.0697. The van der Waals surface area contributed by atoms with Gasteiger partial charge in [-0.1, -0.05) is 17.7 Å². The SMILES string of the molecule is Cc1cncc(-c2cc(C)ccc2C(=O)O)c1. The Hall–Kier alpha value is -2.16. The van der Waals surface area contributed by atoms with Crippen LogP contribution < -0.4 is 0 Å². The van der Waals surface area contributed by atoms with E-state index in [1.54, 1.807) is 24.5 Å². The Bertz CT molecular complexity index is 576. The molecule has 0 fully saturated rings. The molecule has 0 spiro atoms. The van der Waals surface area contributed by atoms with Gasteiger partial charge in [0.15, 0.2) is 0 Å². The molecule has 0 unspecified atom stereocenters. The number of carboxylic acids is 1. The lowest BCUT2D eigenvalue weighted by Crippen LogP contribution is -2.00. The van der Waals surface area contributed by atoms with Crippen molar-refractivity contribution in [1.29, 1.82) is 0 Å². The number of carbonyl (C=O) groups is 1. The zero-order valence-corrected chi connectivity index (χ0v) is 9.77. The highest BCUT2D eigenvalue weighted by Gasteiger charge is 2.11. The first-order valence-corrected chi connectivity index (χ1v) is 5.34. The van der Waals surface area contributed by atoms with Crippen molar-refractivity contribution in [3.63, 3.8) is 0 Å². The first-order valence-electron chi connectivity index (χ1n) is 5.34. The van der Waals surface area contributed by atoms with Gasteiger partial charge in [-0.3, -0.25) is 4.98 Å². The quantitative estimate of drug-likeness (QED) is 0.857. The van der Waals surface area contributed by atoms with E-state index in [9.17, 15) is 4.79 Å². The number of benzene rings is 1. The molecule has 0 atom stereocenters. The molecular weight excluding hydrogens is 214 g/mol. The Kier molecular flexibility index (Phi) is 2.91. The molecule has 1 aromatic carbocycles. The Morgan fingerprint density at radius 1 is 1.12 bits per heavy atom. The third-order valence-corrected chi connectivity index (χ3v) is 2.59. The molecule has 0 aliphatic heterocycles. The van der Waals surface area contributed by atoms with Crippen molar-refractivity contribution < 1.29 is 9.90 Å². The van der Waals surface area contributed by atoms with Gasteiger partial charge in [-0.15, -0.1) is 0 Å². The summed E-state index contributed by atoms with van der Waals surface area (Å²) in [6.45, 7) is 3.88. The third kappa shape index (κ3) is 2.33. The molecule has 0 saturated carbocycles. The molecule has 0 amide bonds. The smallest absolute Gasteiger partial charge is 0.336 e. The monoisotopic (exact) mass is 227 g/mol. The largest absolute Gasteiger partial charge is 0.478 e. The molecule has 1 aromatic heterocycles. The molecule has 3 heteroatoms. The maximum Gasteiger partial charge on any atom is 0.336 e. The van der Waals surface area contributed by atoms with Crippen LogP contribution in [0, 0.1) is 13.8 Å². The highest BCUT2D eigenvalue weighted by molar-refractivity contribution is 5.96. The second-order valence-corrected chi connectivity index (χ2v) is 4.11. The summed E-state index contributed by atoms with van der Waals surface area (Å²) in [6.07, 6.45) is 3.44. The summed E-state index contributed by atoms with van der Waals surface area (Å²) in [5.74, 6) is -0.915. The molecule has 0 aliphatic rings.